The largest absolute Gasteiger partial charge is 0.316 e. The maximum Gasteiger partial charge on any atom is 0.0458 e. The number of thioether (sulfide) groups is 1. The number of hydroxylamine groups is 1. The fraction of sp³-hybridized carbons (Fsp3) is 0.250. The van der Waals surface area contributed by atoms with Gasteiger partial charge in [0.1, 0.15) is 0 Å². The second kappa shape index (κ2) is 4.38. The van der Waals surface area contributed by atoms with Crippen molar-refractivity contribution in [3.8, 4) is 0 Å². The van der Waals surface area contributed by atoms with Crippen LogP contribution in [0.1, 0.15) is 5.56 Å². The Bertz CT molecular complexity index is 227. The minimum Gasteiger partial charge on any atom is -0.316 e. The number of benzene rings is 1. The first-order valence-electron chi connectivity index (χ1n) is 3.36. The van der Waals surface area contributed by atoms with Crippen molar-refractivity contribution in [2.24, 2.45) is 0 Å². The van der Waals surface area contributed by atoms with Crippen LogP contribution in [0.15, 0.2) is 29.2 Å². The van der Waals surface area contributed by atoms with Gasteiger partial charge in [-0.1, -0.05) is 12.1 Å². The van der Waals surface area contributed by atoms with E-state index in [9.17, 15) is 0 Å². The van der Waals surface area contributed by atoms with Gasteiger partial charge in [0.05, 0.1) is 0 Å². The Morgan fingerprint density at radius 2 is 2.36 bits per heavy atom. The summed E-state index contributed by atoms with van der Waals surface area (Å²) < 4.78 is 0. The molecule has 0 spiro atoms. The van der Waals surface area contributed by atoms with Crippen molar-refractivity contribution in [1.82, 2.24) is 5.48 Å². The lowest BCUT2D eigenvalue weighted by molar-refractivity contribution is 0.161. The van der Waals surface area contributed by atoms with Crippen molar-refractivity contribution in [2.75, 3.05) is 6.26 Å². The summed E-state index contributed by atoms with van der Waals surface area (Å²) in [5.41, 5.74) is 3.22. The standard InChI is InChI=1S/C8H11NOS/c1-11-8-4-2-3-7(5-8)6-9-10/h2-5,9-10H,6H2,1H3. The number of hydrogen-bond acceptors (Lipinski definition) is 3. The van der Waals surface area contributed by atoms with Gasteiger partial charge in [-0.15, -0.1) is 11.8 Å². The SMILES string of the molecule is CSc1cccc(CNO)c1. The molecule has 1 aromatic rings. The zero-order valence-corrected chi connectivity index (χ0v) is 7.19. The second-order valence-electron chi connectivity index (χ2n) is 2.19. The van der Waals surface area contributed by atoms with Crippen LogP contribution >= 0.6 is 11.8 Å². The van der Waals surface area contributed by atoms with Crippen LogP contribution in [0.2, 0.25) is 0 Å². The molecule has 0 aliphatic heterocycles. The molecule has 0 unspecified atom stereocenters. The number of nitrogens with one attached hydrogen (secondary N) is 1. The monoisotopic (exact) mass is 169 g/mol. The summed E-state index contributed by atoms with van der Waals surface area (Å²) in [7, 11) is 0. The molecule has 0 radical (unpaired) electrons. The third-order valence-corrected chi connectivity index (χ3v) is 2.14. The average Bonchev–Trinajstić information content (AvgIpc) is 2.06. The Kier molecular flexibility index (Phi) is 3.42. The van der Waals surface area contributed by atoms with Crippen molar-refractivity contribution in [1.29, 1.82) is 0 Å². The summed E-state index contributed by atoms with van der Waals surface area (Å²) in [6.45, 7) is 0.508. The van der Waals surface area contributed by atoms with E-state index in [1.807, 2.05) is 30.5 Å². The topological polar surface area (TPSA) is 32.3 Å². The fourth-order valence-electron chi connectivity index (χ4n) is 0.874. The highest BCUT2D eigenvalue weighted by atomic mass is 32.2. The Morgan fingerprint density at radius 1 is 1.55 bits per heavy atom. The molecule has 1 rings (SSSR count). The van der Waals surface area contributed by atoms with Crippen molar-refractivity contribution in [3.05, 3.63) is 29.8 Å². The lowest BCUT2D eigenvalue weighted by atomic mass is 10.2. The van der Waals surface area contributed by atoms with Crippen LogP contribution in [0.5, 0.6) is 0 Å². The molecule has 0 fully saturated rings. The molecule has 0 aliphatic rings. The van der Waals surface area contributed by atoms with E-state index in [1.54, 1.807) is 11.8 Å². The van der Waals surface area contributed by atoms with Crippen molar-refractivity contribution in [2.45, 2.75) is 11.4 Å². The van der Waals surface area contributed by atoms with E-state index in [0.29, 0.717) is 6.54 Å². The smallest absolute Gasteiger partial charge is 0.0458 e. The molecular formula is C8H11NOS. The molecule has 0 aromatic heterocycles. The molecular weight excluding hydrogens is 158 g/mol. The van der Waals surface area contributed by atoms with Crippen molar-refractivity contribution in [3.63, 3.8) is 0 Å². The van der Waals surface area contributed by atoms with E-state index in [1.165, 1.54) is 4.90 Å². The van der Waals surface area contributed by atoms with Crippen LogP contribution in [-0.4, -0.2) is 11.5 Å². The van der Waals surface area contributed by atoms with Crippen LogP contribution in [0.3, 0.4) is 0 Å². The van der Waals surface area contributed by atoms with Crippen molar-refractivity contribution >= 4 is 11.8 Å². The van der Waals surface area contributed by atoms with E-state index < -0.39 is 0 Å². The van der Waals surface area contributed by atoms with E-state index in [4.69, 9.17) is 5.21 Å². The van der Waals surface area contributed by atoms with Gasteiger partial charge in [0.15, 0.2) is 0 Å². The van der Waals surface area contributed by atoms with Gasteiger partial charge in [-0.2, -0.15) is 0 Å². The highest BCUT2D eigenvalue weighted by Gasteiger charge is 1.92. The fourth-order valence-corrected chi connectivity index (χ4v) is 1.36. The van der Waals surface area contributed by atoms with Gasteiger partial charge < -0.3 is 5.21 Å². The Balaban J connectivity index is 2.74. The summed E-state index contributed by atoms with van der Waals surface area (Å²) in [6.07, 6.45) is 2.03. The van der Waals surface area contributed by atoms with Crippen LogP contribution in [0.4, 0.5) is 0 Å². The highest BCUT2D eigenvalue weighted by Crippen LogP contribution is 2.15. The molecule has 0 saturated carbocycles. The molecule has 0 aliphatic carbocycles. The zero-order valence-electron chi connectivity index (χ0n) is 6.37. The Hall–Kier alpha value is -0.510. The highest BCUT2D eigenvalue weighted by molar-refractivity contribution is 7.98. The van der Waals surface area contributed by atoms with E-state index in [2.05, 4.69) is 5.48 Å². The third kappa shape index (κ3) is 2.54. The molecule has 0 amide bonds. The molecule has 2 N–H and O–H groups in total. The van der Waals surface area contributed by atoms with Gasteiger partial charge in [-0.3, -0.25) is 0 Å². The van der Waals surface area contributed by atoms with Gasteiger partial charge in [-0.25, -0.2) is 5.48 Å². The first-order valence-corrected chi connectivity index (χ1v) is 4.59. The maximum atomic E-state index is 8.43. The summed E-state index contributed by atoms with van der Waals surface area (Å²) in [4.78, 5) is 1.22. The maximum absolute atomic E-state index is 8.43. The molecule has 2 nitrogen and oxygen atoms in total. The molecule has 0 atom stereocenters. The van der Waals surface area contributed by atoms with E-state index >= 15 is 0 Å². The summed E-state index contributed by atoms with van der Waals surface area (Å²) in [6, 6.07) is 8.06. The zero-order chi connectivity index (χ0) is 8.10. The van der Waals surface area contributed by atoms with Crippen LogP contribution in [0, 0.1) is 0 Å². The molecule has 3 heteroatoms. The predicted molar refractivity (Wildman–Crippen MR) is 46.8 cm³/mol. The predicted octanol–water partition coefficient (Wildman–Crippen LogP) is 1.89. The number of hydrogen-bond donors (Lipinski definition) is 2. The summed E-state index contributed by atoms with van der Waals surface area (Å²) in [5.74, 6) is 0. The summed E-state index contributed by atoms with van der Waals surface area (Å²) >= 11 is 1.70. The Morgan fingerprint density at radius 3 is 3.00 bits per heavy atom. The third-order valence-electron chi connectivity index (χ3n) is 1.42. The minimum atomic E-state index is 0.508. The van der Waals surface area contributed by atoms with Gasteiger partial charge in [-0.05, 0) is 24.0 Å². The van der Waals surface area contributed by atoms with Gasteiger partial charge in [0, 0.05) is 11.4 Å². The lowest BCUT2D eigenvalue weighted by Crippen LogP contribution is -2.05. The molecule has 1 aromatic carbocycles. The second-order valence-corrected chi connectivity index (χ2v) is 3.07. The first kappa shape index (κ1) is 8.59. The van der Waals surface area contributed by atoms with E-state index in [0.717, 1.165) is 5.56 Å². The minimum absolute atomic E-state index is 0.508. The number of rotatable bonds is 3. The van der Waals surface area contributed by atoms with Gasteiger partial charge in [0.25, 0.3) is 0 Å². The summed E-state index contributed by atoms with van der Waals surface area (Å²) in [5, 5.41) is 8.43. The van der Waals surface area contributed by atoms with Crippen LogP contribution in [0.25, 0.3) is 0 Å². The molecule has 11 heavy (non-hydrogen) atoms. The Labute approximate surface area is 70.6 Å². The molecule has 0 heterocycles. The molecule has 0 saturated heterocycles. The normalized spacial score (nSPS) is 10.0. The van der Waals surface area contributed by atoms with E-state index in [-0.39, 0.29) is 0 Å². The van der Waals surface area contributed by atoms with Crippen molar-refractivity contribution < 1.29 is 5.21 Å². The molecule has 60 valence electrons. The quantitative estimate of drug-likeness (QED) is 0.535. The lowest BCUT2D eigenvalue weighted by Gasteiger charge is -2.00. The van der Waals surface area contributed by atoms with Gasteiger partial charge >= 0.3 is 0 Å². The van der Waals surface area contributed by atoms with Crippen LogP contribution < -0.4 is 5.48 Å². The average molecular weight is 169 g/mol. The molecule has 0 bridgehead atoms. The van der Waals surface area contributed by atoms with Crippen LogP contribution in [-0.2, 0) is 6.54 Å². The van der Waals surface area contributed by atoms with Gasteiger partial charge in [0.2, 0.25) is 0 Å². The first-order chi connectivity index (χ1) is 5.36.